The Morgan fingerprint density at radius 1 is 1.43 bits per heavy atom. The quantitative estimate of drug-likeness (QED) is 0.433. The average Bonchev–Trinajstić information content (AvgIpc) is 2.14. The number of nitrogens with zero attached hydrogens (tertiary/aromatic N) is 2. The molecule has 0 fully saturated rings. The second-order valence-electron chi connectivity index (χ2n) is 2.54. The van der Waals surface area contributed by atoms with Crippen LogP contribution in [0.15, 0.2) is 17.6 Å². The molecule has 0 amide bonds. The summed E-state index contributed by atoms with van der Waals surface area (Å²) in [5.41, 5.74) is 0.633. The van der Waals surface area contributed by atoms with Crippen molar-refractivity contribution in [3.63, 3.8) is 0 Å². The molecule has 0 saturated heterocycles. The fraction of sp³-hybridized carbons (Fsp3) is 0.429. The number of aromatic nitrogens is 2. The molecule has 0 bridgehead atoms. The van der Waals surface area contributed by atoms with Gasteiger partial charge in [0.1, 0.15) is 0 Å². The van der Waals surface area contributed by atoms with E-state index in [9.17, 15) is 8.42 Å². The molecule has 0 saturated carbocycles. The summed E-state index contributed by atoms with van der Waals surface area (Å²) in [6.07, 6.45) is 5.96. The number of thioether (sulfide) groups is 1. The molecule has 0 aliphatic rings. The van der Waals surface area contributed by atoms with Gasteiger partial charge in [0.05, 0.1) is 12.9 Å². The van der Waals surface area contributed by atoms with E-state index in [1.807, 2.05) is 6.26 Å². The van der Waals surface area contributed by atoms with Crippen molar-refractivity contribution in [2.45, 2.75) is 11.8 Å². The first-order valence-electron chi connectivity index (χ1n) is 3.70. The van der Waals surface area contributed by atoms with Crippen LogP contribution >= 0.6 is 11.8 Å². The van der Waals surface area contributed by atoms with Crippen molar-refractivity contribution in [1.29, 1.82) is 0 Å². The molecular weight excluding hydrogens is 224 g/mol. The molecule has 78 valence electrons. The number of hydrogen-bond acceptors (Lipinski definition) is 6. The summed E-state index contributed by atoms with van der Waals surface area (Å²) < 4.78 is 25.9. The van der Waals surface area contributed by atoms with E-state index in [1.54, 1.807) is 12.4 Å². The van der Waals surface area contributed by atoms with E-state index in [4.69, 9.17) is 0 Å². The Balaban J connectivity index is 2.61. The van der Waals surface area contributed by atoms with Crippen molar-refractivity contribution in [2.24, 2.45) is 0 Å². The average molecular weight is 234 g/mol. The zero-order chi connectivity index (χ0) is 10.6. The highest BCUT2D eigenvalue weighted by Gasteiger charge is 2.03. The van der Waals surface area contributed by atoms with Gasteiger partial charge in [0.25, 0.3) is 10.1 Å². The van der Waals surface area contributed by atoms with Crippen LogP contribution in [0.5, 0.6) is 0 Å². The maximum atomic E-state index is 10.7. The van der Waals surface area contributed by atoms with E-state index in [1.165, 1.54) is 11.8 Å². The molecule has 0 atom stereocenters. The van der Waals surface area contributed by atoms with Crippen LogP contribution in [0.4, 0.5) is 0 Å². The van der Waals surface area contributed by atoms with Crippen LogP contribution in [0.2, 0.25) is 0 Å². The highest BCUT2D eigenvalue weighted by molar-refractivity contribution is 7.98. The van der Waals surface area contributed by atoms with Crippen LogP contribution in [-0.2, 0) is 20.9 Å². The lowest BCUT2D eigenvalue weighted by molar-refractivity contribution is 0.310. The van der Waals surface area contributed by atoms with Gasteiger partial charge < -0.3 is 0 Å². The van der Waals surface area contributed by atoms with Crippen molar-refractivity contribution >= 4 is 21.9 Å². The molecule has 0 aromatic carbocycles. The summed E-state index contributed by atoms with van der Waals surface area (Å²) >= 11 is 1.42. The molecule has 0 aliphatic heterocycles. The summed E-state index contributed by atoms with van der Waals surface area (Å²) in [5, 5.41) is 0.646. The van der Waals surface area contributed by atoms with Gasteiger partial charge in [-0.05, 0) is 6.26 Å². The first-order chi connectivity index (χ1) is 6.51. The molecule has 0 unspecified atom stereocenters. The van der Waals surface area contributed by atoms with Gasteiger partial charge in [0, 0.05) is 18.0 Å². The fourth-order valence-corrected chi connectivity index (χ4v) is 1.36. The highest BCUT2D eigenvalue weighted by Crippen LogP contribution is 2.08. The number of rotatable bonds is 4. The Bertz CT molecular complexity index is 388. The number of hydrogen-bond donors (Lipinski definition) is 0. The molecule has 14 heavy (non-hydrogen) atoms. The summed E-state index contributed by atoms with van der Waals surface area (Å²) in [5.74, 6) is 0. The monoisotopic (exact) mass is 234 g/mol. The third kappa shape index (κ3) is 4.03. The SMILES string of the molecule is CSc1ncc(COS(C)(=O)=O)cn1. The van der Waals surface area contributed by atoms with Crippen LogP contribution in [0.1, 0.15) is 5.56 Å². The summed E-state index contributed by atoms with van der Waals surface area (Å²) in [4.78, 5) is 7.95. The Morgan fingerprint density at radius 2 is 2.00 bits per heavy atom. The standard InChI is InChI=1S/C7H10N2O3S2/c1-13-7-8-3-6(4-9-7)5-12-14(2,10)11/h3-4H,5H2,1-2H3. The Hall–Kier alpha value is -0.660. The molecule has 1 rings (SSSR count). The Morgan fingerprint density at radius 3 is 2.43 bits per heavy atom. The molecule has 1 aromatic heterocycles. The van der Waals surface area contributed by atoms with Crippen molar-refractivity contribution in [1.82, 2.24) is 9.97 Å². The van der Waals surface area contributed by atoms with Gasteiger partial charge in [-0.15, -0.1) is 0 Å². The first kappa shape index (κ1) is 11.4. The van der Waals surface area contributed by atoms with Crippen LogP contribution in [0.25, 0.3) is 0 Å². The molecule has 5 nitrogen and oxygen atoms in total. The maximum Gasteiger partial charge on any atom is 0.264 e. The van der Waals surface area contributed by atoms with E-state index in [-0.39, 0.29) is 6.61 Å². The predicted molar refractivity (Wildman–Crippen MR) is 53.4 cm³/mol. The van der Waals surface area contributed by atoms with Gasteiger partial charge >= 0.3 is 0 Å². The lowest BCUT2D eigenvalue weighted by Gasteiger charge is -2.00. The molecule has 1 heterocycles. The van der Waals surface area contributed by atoms with Gasteiger partial charge in [0.15, 0.2) is 5.16 Å². The first-order valence-corrected chi connectivity index (χ1v) is 6.75. The minimum absolute atomic E-state index is 0.0203. The molecule has 0 aliphatic carbocycles. The summed E-state index contributed by atoms with van der Waals surface area (Å²) in [6.45, 7) is -0.0203. The predicted octanol–water partition coefficient (Wildman–Crippen LogP) is 0.675. The molecule has 1 aromatic rings. The normalized spacial score (nSPS) is 11.6. The van der Waals surface area contributed by atoms with Crippen molar-refractivity contribution in [3.05, 3.63) is 18.0 Å². The lowest BCUT2D eigenvalue weighted by atomic mass is 10.4. The van der Waals surface area contributed by atoms with E-state index in [2.05, 4.69) is 14.2 Å². The van der Waals surface area contributed by atoms with Crippen LogP contribution in [0.3, 0.4) is 0 Å². The van der Waals surface area contributed by atoms with E-state index in [0.717, 1.165) is 6.26 Å². The van der Waals surface area contributed by atoms with E-state index < -0.39 is 10.1 Å². The van der Waals surface area contributed by atoms with Crippen molar-refractivity contribution < 1.29 is 12.6 Å². The molecule has 0 spiro atoms. The van der Waals surface area contributed by atoms with Gasteiger partial charge in [-0.2, -0.15) is 8.42 Å². The minimum atomic E-state index is -3.40. The topological polar surface area (TPSA) is 69.2 Å². The third-order valence-corrected chi connectivity index (χ3v) is 2.43. The van der Waals surface area contributed by atoms with Gasteiger partial charge in [-0.25, -0.2) is 9.97 Å². The minimum Gasteiger partial charge on any atom is -0.265 e. The van der Waals surface area contributed by atoms with Crippen LogP contribution in [-0.4, -0.2) is 30.9 Å². The summed E-state index contributed by atoms with van der Waals surface area (Å²) in [7, 11) is -3.40. The Labute approximate surface area is 87.0 Å². The zero-order valence-corrected chi connectivity index (χ0v) is 9.43. The van der Waals surface area contributed by atoms with Gasteiger partial charge in [0.2, 0.25) is 0 Å². The smallest absolute Gasteiger partial charge is 0.264 e. The fourth-order valence-electron chi connectivity index (χ4n) is 0.698. The molecule has 0 N–H and O–H groups in total. The molecule has 7 heteroatoms. The zero-order valence-electron chi connectivity index (χ0n) is 7.80. The third-order valence-electron chi connectivity index (χ3n) is 1.30. The highest BCUT2D eigenvalue weighted by atomic mass is 32.2. The van der Waals surface area contributed by atoms with Crippen LogP contribution < -0.4 is 0 Å². The lowest BCUT2D eigenvalue weighted by Crippen LogP contribution is -2.03. The van der Waals surface area contributed by atoms with E-state index >= 15 is 0 Å². The van der Waals surface area contributed by atoms with Crippen LogP contribution in [0, 0.1) is 0 Å². The molecule has 0 radical (unpaired) electrons. The van der Waals surface area contributed by atoms with Crippen molar-refractivity contribution in [2.75, 3.05) is 12.5 Å². The maximum absolute atomic E-state index is 10.7. The van der Waals surface area contributed by atoms with Gasteiger partial charge in [-0.3, -0.25) is 4.18 Å². The summed E-state index contributed by atoms with van der Waals surface area (Å²) in [6, 6.07) is 0. The van der Waals surface area contributed by atoms with Crippen molar-refractivity contribution in [3.8, 4) is 0 Å². The Kier molecular flexibility index (Phi) is 3.85. The molecular formula is C7H10N2O3S2. The van der Waals surface area contributed by atoms with E-state index in [0.29, 0.717) is 10.7 Å². The second-order valence-corrected chi connectivity index (χ2v) is 4.96. The second kappa shape index (κ2) is 4.72. The van der Waals surface area contributed by atoms with Gasteiger partial charge in [-0.1, -0.05) is 11.8 Å². The largest absolute Gasteiger partial charge is 0.265 e.